The van der Waals surface area contributed by atoms with Crippen LogP contribution < -0.4 is 0 Å². The van der Waals surface area contributed by atoms with Gasteiger partial charge < -0.3 is 0 Å². The molecule has 0 aromatic rings. The van der Waals surface area contributed by atoms with Crippen molar-refractivity contribution >= 4 is 81.2 Å². The Balaban J connectivity index is 1.99. The molecule has 0 spiro atoms. The molecule has 0 amide bonds. The Morgan fingerprint density at radius 2 is 1.37 bits per heavy atom. The van der Waals surface area contributed by atoms with Crippen molar-refractivity contribution in [3.05, 3.63) is 10.1 Å². The van der Waals surface area contributed by atoms with Gasteiger partial charge in [0, 0.05) is 5.38 Å². The normalized spacial score (nSPS) is 61.1. The molecule has 3 fully saturated rings. The van der Waals surface area contributed by atoms with Crippen LogP contribution in [0.15, 0.2) is 10.1 Å². The number of halogens is 7. The molecule has 0 aromatic heterocycles. The number of alkyl halides is 5. The van der Waals surface area contributed by atoms with E-state index in [1.807, 2.05) is 0 Å². The topological polar surface area (TPSA) is 0 Å². The third-order valence-corrected chi connectivity index (χ3v) is 10.4. The van der Waals surface area contributed by atoms with Crippen LogP contribution in [0, 0.1) is 23.7 Å². The zero-order valence-corrected chi connectivity index (χ0v) is 14.7. The second kappa shape index (κ2) is 3.81. The van der Waals surface area contributed by atoms with E-state index in [0.717, 1.165) is 12.8 Å². The van der Waals surface area contributed by atoms with E-state index in [4.69, 9.17) is 81.2 Å². The van der Waals surface area contributed by atoms with Crippen molar-refractivity contribution in [2.75, 3.05) is 0 Å². The Kier molecular flexibility index (Phi) is 2.88. The summed E-state index contributed by atoms with van der Waals surface area (Å²) in [5.74, 6) is 0.672. The first-order valence-corrected chi connectivity index (χ1v) is 8.85. The van der Waals surface area contributed by atoms with Crippen LogP contribution in [0.1, 0.15) is 12.8 Å². The minimum absolute atomic E-state index is 0.00193. The molecule has 0 saturated heterocycles. The molecular weight excluding hydrogens is 392 g/mol. The van der Waals surface area contributed by atoms with Crippen LogP contribution >= 0.6 is 81.2 Å². The Hall–Kier alpha value is 1.77. The fourth-order valence-corrected chi connectivity index (χ4v) is 8.61. The summed E-state index contributed by atoms with van der Waals surface area (Å²) >= 11 is 45.8. The molecule has 0 aromatic carbocycles. The van der Waals surface area contributed by atoms with Gasteiger partial charge >= 0.3 is 0 Å². The third kappa shape index (κ3) is 1.21. The maximum absolute atomic E-state index is 6.80. The number of hydrogen-bond donors (Lipinski definition) is 0. The van der Waals surface area contributed by atoms with Crippen molar-refractivity contribution in [2.45, 2.75) is 32.3 Å². The zero-order valence-electron chi connectivity index (χ0n) is 9.45. The highest BCUT2D eigenvalue weighted by atomic mass is 35.5. The second-order valence-electron chi connectivity index (χ2n) is 6.09. The molecule has 106 valence electrons. The molecule has 0 N–H and O–H groups in total. The van der Waals surface area contributed by atoms with E-state index in [-0.39, 0.29) is 23.1 Å². The van der Waals surface area contributed by atoms with Gasteiger partial charge in [0.15, 0.2) is 4.33 Å². The minimum Gasteiger partial charge on any atom is -0.123 e. The number of rotatable bonds is 0. The lowest BCUT2D eigenvalue weighted by Crippen LogP contribution is -2.46. The van der Waals surface area contributed by atoms with E-state index in [0.29, 0.717) is 16.0 Å². The summed E-state index contributed by atoms with van der Waals surface area (Å²) in [6, 6.07) is 0. The Morgan fingerprint density at radius 3 is 1.95 bits per heavy atom. The minimum atomic E-state index is -1.40. The fourth-order valence-electron chi connectivity index (χ4n) is 4.97. The smallest absolute Gasteiger partial charge is 0.123 e. The quantitative estimate of drug-likeness (QED) is 0.360. The standard InChI is InChI=1S/C12H9Cl7/c13-5-2-3-1-4(5)7-6(3)10(16)8(14)9(15)11(7,17)12(10,18)19/h3-7H,1-2H2/t3-,4-,5-,6-,7-,10+,11+/m1/s1. The Morgan fingerprint density at radius 1 is 0.842 bits per heavy atom. The molecular formula is C12H9Cl7. The van der Waals surface area contributed by atoms with Crippen molar-refractivity contribution in [1.29, 1.82) is 0 Å². The van der Waals surface area contributed by atoms with Crippen LogP contribution in [0.4, 0.5) is 0 Å². The van der Waals surface area contributed by atoms with Gasteiger partial charge in [0.05, 0.1) is 10.1 Å². The van der Waals surface area contributed by atoms with Crippen LogP contribution in [0.3, 0.4) is 0 Å². The molecule has 4 aliphatic rings. The third-order valence-electron chi connectivity index (χ3n) is 5.59. The summed E-state index contributed by atoms with van der Waals surface area (Å²) in [5, 5.41) is 0.707. The average molecular weight is 401 g/mol. The summed E-state index contributed by atoms with van der Waals surface area (Å²) in [4.78, 5) is -2.20. The first-order chi connectivity index (χ1) is 8.69. The maximum atomic E-state index is 6.80. The molecule has 4 rings (SSSR count). The molecule has 7 atom stereocenters. The van der Waals surface area contributed by atoms with E-state index in [9.17, 15) is 0 Å². The van der Waals surface area contributed by atoms with Gasteiger partial charge in [0.25, 0.3) is 0 Å². The molecule has 0 heterocycles. The van der Waals surface area contributed by atoms with E-state index < -0.39 is 14.1 Å². The van der Waals surface area contributed by atoms with Crippen LogP contribution in [-0.2, 0) is 0 Å². The van der Waals surface area contributed by atoms with Crippen LogP contribution in [-0.4, -0.2) is 19.5 Å². The molecule has 19 heavy (non-hydrogen) atoms. The molecule has 0 unspecified atom stereocenters. The molecule has 0 radical (unpaired) electrons. The van der Waals surface area contributed by atoms with Crippen molar-refractivity contribution in [1.82, 2.24) is 0 Å². The first kappa shape index (κ1) is 14.4. The molecule has 4 aliphatic carbocycles. The van der Waals surface area contributed by atoms with E-state index in [2.05, 4.69) is 0 Å². The van der Waals surface area contributed by atoms with Gasteiger partial charge in [-0.25, -0.2) is 0 Å². The van der Waals surface area contributed by atoms with Gasteiger partial charge in [-0.2, -0.15) is 0 Å². The van der Waals surface area contributed by atoms with Gasteiger partial charge in [-0.15, -0.1) is 34.8 Å². The highest BCUT2D eigenvalue weighted by Crippen LogP contribution is 2.82. The first-order valence-electron chi connectivity index (χ1n) is 6.15. The van der Waals surface area contributed by atoms with E-state index >= 15 is 0 Å². The molecule has 0 nitrogen and oxygen atoms in total. The van der Waals surface area contributed by atoms with E-state index in [1.54, 1.807) is 0 Å². The highest BCUT2D eigenvalue weighted by molar-refractivity contribution is 6.65. The molecule has 0 aliphatic heterocycles. The van der Waals surface area contributed by atoms with E-state index in [1.165, 1.54) is 0 Å². The fraction of sp³-hybridized carbons (Fsp3) is 0.833. The lowest BCUT2D eigenvalue weighted by molar-refractivity contribution is 0.222. The van der Waals surface area contributed by atoms with Crippen LogP contribution in [0.25, 0.3) is 0 Å². The Labute approximate surface area is 146 Å². The number of allylic oxidation sites excluding steroid dienone is 2. The van der Waals surface area contributed by atoms with Gasteiger partial charge in [-0.05, 0) is 36.5 Å². The predicted octanol–water partition coefficient (Wildman–Crippen LogP) is 5.71. The molecule has 3 saturated carbocycles. The maximum Gasteiger partial charge on any atom is 0.166 e. The SMILES string of the molecule is ClC1=C(Cl)[C@@]2(Cl)[C@@H]3[C@@H]4C[C@H](C[C@H]4Cl)[C@H]3[C@@]1(Cl)C2(Cl)Cl. The predicted molar refractivity (Wildman–Crippen MR) is 83.2 cm³/mol. The summed E-state index contributed by atoms with van der Waals surface area (Å²) in [6.07, 6.45) is 1.92. The Bertz CT molecular complexity index is 514. The van der Waals surface area contributed by atoms with Crippen molar-refractivity contribution in [3.63, 3.8) is 0 Å². The van der Waals surface area contributed by atoms with Gasteiger partial charge in [-0.3, -0.25) is 0 Å². The summed E-state index contributed by atoms with van der Waals surface area (Å²) in [6.45, 7) is 0. The number of hydrogen-bond acceptors (Lipinski definition) is 0. The zero-order chi connectivity index (χ0) is 14.0. The summed E-state index contributed by atoms with van der Waals surface area (Å²) in [5.41, 5.74) is 0. The molecule has 4 bridgehead atoms. The van der Waals surface area contributed by atoms with Crippen LogP contribution in [0.5, 0.6) is 0 Å². The monoisotopic (exact) mass is 398 g/mol. The summed E-state index contributed by atoms with van der Waals surface area (Å²) in [7, 11) is 0. The van der Waals surface area contributed by atoms with Gasteiger partial charge in [0.2, 0.25) is 0 Å². The number of fused-ring (bicyclic) bond motifs is 9. The van der Waals surface area contributed by atoms with Crippen LogP contribution in [0.2, 0.25) is 0 Å². The summed E-state index contributed by atoms with van der Waals surface area (Å²) < 4.78 is -1.40. The van der Waals surface area contributed by atoms with Gasteiger partial charge in [0.1, 0.15) is 9.75 Å². The lowest BCUT2D eigenvalue weighted by Gasteiger charge is -2.41. The van der Waals surface area contributed by atoms with Crippen molar-refractivity contribution in [3.8, 4) is 0 Å². The van der Waals surface area contributed by atoms with Gasteiger partial charge in [-0.1, -0.05) is 46.4 Å². The average Bonchev–Trinajstić information content (AvgIpc) is 2.95. The second-order valence-corrected chi connectivity index (χ2v) is 9.93. The van der Waals surface area contributed by atoms with Crippen molar-refractivity contribution in [2.24, 2.45) is 23.7 Å². The highest BCUT2D eigenvalue weighted by Gasteiger charge is 2.86. The van der Waals surface area contributed by atoms with Crippen molar-refractivity contribution < 1.29 is 0 Å². The lowest BCUT2D eigenvalue weighted by atomic mass is 9.72. The molecule has 7 heteroatoms. The largest absolute Gasteiger partial charge is 0.166 e.